The molecule has 7 nitrogen and oxygen atoms in total. The number of aromatic nitrogens is 3. The zero-order valence-corrected chi connectivity index (χ0v) is 11.1. The van der Waals surface area contributed by atoms with E-state index in [1.54, 1.807) is 30.7 Å². The van der Waals surface area contributed by atoms with Crippen LogP contribution in [0.25, 0.3) is 10.8 Å². The summed E-state index contributed by atoms with van der Waals surface area (Å²) in [4.78, 5) is 14.7. The van der Waals surface area contributed by atoms with E-state index in [-0.39, 0.29) is 10.6 Å². The fourth-order valence-corrected chi connectivity index (χ4v) is 2.23. The minimum absolute atomic E-state index is 0.0880. The summed E-state index contributed by atoms with van der Waals surface area (Å²) in [7, 11) is 0. The predicted molar refractivity (Wildman–Crippen MR) is 79.1 cm³/mol. The molecule has 0 bridgehead atoms. The number of hydrogen-bond acceptors (Lipinski definition) is 5. The Kier molecular flexibility index (Phi) is 3.46. The van der Waals surface area contributed by atoms with Crippen LogP contribution in [0.2, 0.25) is 0 Å². The van der Waals surface area contributed by atoms with Crippen LogP contribution in [0.4, 0.5) is 11.4 Å². The first-order chi connectivity index (χ1) is 10.3. The molecule has 0 fully saturated rings. The van der Waals surface area contributed by atoms with Gasteiger partial charge in [-0.1, -0.05) is 0 Å². The van der Waals surface area contributed by atoms with Gasteiger partial charge < -0.3 is 5.32 Å². The van der Waals surface area contributed by atoms with Gasteiger partial charge in [-0.3, -0.25) is 19.8 Å². The normalized spacial score (nSPS) is 10.7. The highest BCUT2D eigenvalue weighted by Crippen LogP contribution is 2.30. The first kappa shape index (κ1) is 13.0. The van der Waals surface area contributed by atoms with Crippen LogP contribution in [0.5, 0.6) is 0 Å². The predicted octanol–water partition coefficient (Wildman–Crippen LogP) is 2.45. The lowest BCUT2D eigenvalue weighted by molar-refractivity contribution is -0.383. The molecule has 2 aromatic heterocycles. The molecule has 0 aliphatic rings. The van der Waals surface area contributed by atoms with Crippen molar-refractivity contribution in [1.82, 2.24) is 14.8 Å². The number of pyridine rings is 1. The Morgan fingerprint density at radius 1 is 1.24 bits per heavy atom. The first-order valence-corrected chi connectivity index (χ1v) is 6.48. The zero-order valence-electron chi connectivity index (χ0n) is 11.1. The number of anilines is 1. The van der Waals surface area contributed by atoms with Gasteiger partial charge in [-0.05, 0) is 18.2 Å². The third-order valence-electron chi connectivity index (χ3n) is 3.21. The highest BCUT2D eigenvalue weighted by Gasteiger charge is 2.13. The Balaban J connectivity index is 1.85. The number of non-ortho nitro benzene ring substituents is 1. The number of nitro benzene ring substituents is 1. The number of nitrogens with one attached hydrogen (secondary N) is 1. The standard InChI is InChI=1S/C14H13N5O2/c20-19(21)14-3-2-13(12-10-15-6-4-11(12)14)16-7-9-18-8-1-5-17-18/h1-6,8,10,16H,7,9H2. The lowest BCUT2D eigenvalue weighted by Gasteiger charge is -2.10. The van der Waals surface area contributed by atoms with Gasteiger partial charge in [0.05, 0.1) is 16.9 Å². The lowest BCUT2D eigenvalue weighted by Crippen LogP contribution is -2.11. The van der Waals surface area contributed by atoms with E-state index in [1.165, 1.54) is 6.07 Å². The van der Waals surface area contributed by atoms with Crippen LogP contribution in [-0.4, -0.2) is 26.2 Å². The molecule has 2 heterocycles. The number of benzene rings is 1. The highest BCUT2D eigenvalue weighted by molar-refractivity contribution is 5.99. The maximum Gasteiger partial charge on any atom is 0.277 e. The van der Waals surface area contributed by atoms with E-state index in [2.05, 4.69) is 15.4 Å². The topological polar surface area (TPSA) is 85.9 Å². The van der Waals surface area contributed by atoms with Crippen LogP contribution in [0.3, 0.4) is 0 Å². The lowest BCUT2D eigenvalue weighted by atomic mass is 10.1. The van der Waals surface area contributed by atoms with E-state index in [0.29, 0.717) is 18.5 Å². The molecule has 106 valence electrons. The summed E-state index contributed by atoms with van der Waals surface area (Å²) >= 11 is 0. The van der Waals surface area contributed by atoms with Gasteiger partial charge in [-0.15, -0.1) is 0 Å². The number of nitrogens with zero attached hydrogens (tertiary/aromatic N) is 4. The number of fused-ring (bicyclic) bond motifs is 1. The van der Waals surface area contributed by atoms with Crippen molar-refractivity contribution < 1.29 is 4.92 Å². The molecule has 21 heavy (non-hydrogen) atoms. The van der Waals surface area contributed by atoms with Crippen LogP contribution >= 0.6 is 0 Å². The van der Waals surface area contributed by atoms with E-state index in [0.717, 1.165) is 11.1 Å². The van der Waals surface area contributed by atoms with Crippen LogP contribution in [0.1, 0.15) is 0 Å². The summed E-state index contributed by atoms with van der Waals surface area (Å²) in [6.07, 6.45) is 6.81. The average Bonchev–Trinajstić information content (AvgIpc) is 3.00. The molecule has 0 aliphatic heterocycles. The Morgan fingerprint density at radius 3 is 2.90 bits per heavy atom. The molecule has 0 spiro atoms. The average molecular weight is 283 g/mol. The summed E-state index contributed by atoms with van der Waals surface area (Å²) in [5.41, 5.74) is 0.917. The van der Waals surface area contributed by atoms with Gasteiger partial charge in [0, 0.05) is 48.5 Å². The van der Waals surface area contributed by atoms with Crippen molar-refractivity contribution in [3.63, 3.8) is 0 Å². The van der Waals surface area contributed by atoms with Gasteiger partial charge in [0.15, 0.2) is 0 Å². The third-order valence-corrected chi connectivity index (χ3v) is 3.21. The van der Waals surface area contributed by atoms with Crippen molar-refractivity contribution in [2.24, 2.45) is 0 Å². The summed E-state index contributed by atoms with van der Waals surface area (Å²) < 4.78 is 1.82. The minimum Gasteiger partial charge on any atom is -0.383 e. The maximum absolute atomic E-state index is 11.0. The van der Waals surface area contributed by atoms with E-state index in [4.69, 9.17) is 0 Å². The molecule has 3 aromatic rings. The molecule has 0 saturated carbocycles. The van der Waals surface area contributed by atoms with Crippen LogP contribution in [0.15, 0.2) is 49.1 Å². The molecule has 0 atom stereocenters. The molecule has 1 N–H and O–H groups in total. The van der Waals surface area contributed by atoms with Crippen molar-refractivity contribution in [2.75, 3.05) is 11.9 Å². The molecule has 3 rings (SSSR count). The Morgan fingerprint density at radius 2 is 2.14 bits per heavy atom. The van der Waals surface area contributed by atoms with Crippen LogP contribution < -0.4 is 5.32 Å². The SMILES string of the molecule is O=[N+]([O-])c1ccc(NCCn2cccn2)c2cnccc12. The van der Waals surface area contributed by atoms with E-state index in [9.17, 15) is 10.1 Å². The van der Waals surface area contributed by atoms with E-state index in [1.807, 2.05) is 16.9 Å². The second-order valence-electron chi connectivity index (χ2n) is 4.51. The van der Waals surface area contributed by atoms with Gasteiger partial charge in [-0.25, -0.2) is 0 Å². The van der Waals surface area contributed by atoms with Gasteiger partial charge in [0.1, 0.15) is 0 Å². The first-order valence-electron chi connectivity index (χ1n) is 6.48. The zero-order chi connectivity index (χ0) is 14.7. The smallest absolute Gasteiger partial charge is 0.277 e. The summed E-state index contributed by atoms with van der Waals surface area (Å²) in [6, 6.07) is 6.75. The van der Waals surface area contributed by atoms with Crippen LogP contribution in [-0.2, 0) is 6.54 Å². The molecular weight excluding hydrogens is 270 g/mol. The third kappa shape index (κ3) is 2.66. The van der Waals surface area contributed by atoms with Crippen molar-refractivity contribution in [1.29, 1.82) is 0 Å². The number of rotatable bonds is 5. The van der Waals surface area contributed by atoms with E-state index < -0.39 is 0 Å². The fourth-order valence-electron chi connectivity index (χ4n) is 2.23. The maximum atomic E-state index is 11.0. The highest BCUT2D eigenvalue weighted by atomic mass is 16.6. The molecular formula is C14H13N5O2. The molecule has 7 heteroatoms. The van der Waals surface area contributed by atoms with Crippen molar-refractivity contribution >= 4 is 22.1 Å². The van der Waals surface area contributed by atoms with Gasteiger partial charge >= 0.3 is 0 Å². The largest absolute Gasteiger partial charge is 0.383 e. The quantitative estimate of drug-likeness (QED) is 0.574. The van der Waals surface area contributed by atoms with Crippen molar-refractivity contribution in [3.8, 4) is 0 Å². The second-order valence-corrected chi connectivity index (χ2v) is 4.51. The second kappa shape index (κ2) is 5.58. The monoisotopic (exact) mass is 283 g/mol. The molecule has 1 aromatic carbocycles. The van der Waals surface area contributed by atoms with Crippen molar-refractivity contribution in [2.45, 2.75) is 6.54 Å². The Labute approximate surface area is 120 Å². The molecule has 0 aliphatic carbocycles. The fraction of sp³-hybridized carbons (Fsp3) is 0.143. The molecule has 0 radical (unpaired) electrons. The summed E-state index contributed by atoms with van der Waals surface area (Å²) in [5.74, 6) is 0. The molecule has 0 saturated heterocycles. The molecule has 0 unspecified atom stereocenters. The van der Waals surface area contributed by atoms with Crippen molar-refractivity contribution in [3.05, 3.63) is 59.2 Å². The minimum atomic E-state index is -0.379. The Hall–Kier alpha value is -2.96. The number of nitro groups is 1. The van der Waals surface area contributed by atoms with Gasteiger partial charge in [0.25, 0.3) is 5.69 Å². The summed E-state index contributed by atoms with van der Waals surface area (Å²) in [6.45, 7) is 1.38. The molecule has 0 amide bonds. The summed E-state index contributed by atoms with van der Waals surface area (Å²) in [5, 5.41) is 19.8. The van der Waals surface area contributed by atoms with Crippen LogP contribution in [0, 0.1) is 10.1 Å². The van der Waals surface area contributed by atoms with E-state index >= 15 is 0 Å². The van der Waals surface area contributed by atoms with Gasteiger partial charge in [0.2, 0.25) is 0 Å². The Bertz CT molecular complexity index is 770. The van der Waals surface area contributed by atoms with Gasteiger partial charge in [-0.2, -0.15) is 5.10 Å². The number of hydrogen-bond donors (Lipinski definition) is 1.